The molecule has 3 aliphatic rings. The molecule has 3 N–H and O–H groups in total. The SMILES string of the molecule is CCCCC(CC)COc1cccc2c1C1=NC2(C)Nc2[nH]c(c3cccc(OCC(CC)CCCC)c23)/N=C2\N=C(N=c3[nH]c(c4cccc(OCC(CC)CCCC)c34)=N1)c1cccc(OCC(CC)CCCC)c12. The van der Waals surface area contributed by atoms with E-state index in [1.165, 1.54) is 25.7 Å². The Morgan fingerprint density at radius 2 is 0.935 bits per heavy atom. The van der Waals surface area contributed by atoms with E-state index in [9.17, 15) is 0 Å². The Hall–Kier alpha value is -6.43. The van der Waals surface area contributed by atoms with Gasteiger partial charge in [-0.1, -0.05) is 181 Å². The number of hydrogen-bond acceptors (Lipinski definition) is 10. The molecule has 5 heterocycles. The molecule has 77 heavy (non-hydrogen) atoms. The van der Waals surface area contributed by atoms with Crippen LogP contribution in [0, 0.1) is 23.7 Å². The van der Waals surface area contributed by atoms with Gasteiger partial charge < -0.3 is 34.2 Å². The van der Waals surface area contributed by atoms with Crippen LogP contribution in [0.3, 0.4) is 0 Å². The summed E-state index contributed by atoms with van der Waals surface area (Å²) in [6.07, 6.45) is 17.9. The van der Waals surface area contributed by atoms with Gasteiger partial charge in [-0.3, -0.25) is 0 Å². The number of benzene rings is 4. The number of rotatable bonds is 28. The molecule has 0 amide bonds. The van der Waals surface area contributed by atoms with Gasteiger partial charge in [0.1, 0.15) is 45.6 Å². The van der Waals surface area contributed by atoms with E-state index in [2.05, 4.69) is 138 Å². The first kappa shape index (κ1) is 55.3. The number of ether oxygens (including phenoxy) is 4. The summed E-state index contributed by atoms with van der Waals surface area (Å²) in [6, 6.07) is 24.9. The first-order chi connectivity index (χ1) is 37.7. The Kier molecular flexibility index (Phi) is 18.5. The number of aromatic amines is 2. The molecule has 0 spiro atoms. The molecular formula is C65H86N8O4. The number of fused-ring (bicyclic) bond motifs is 18. The number of aromatic nitrogens is 2. The van der Waals surface area contributed by atoms with Crippen molar-refractivity contribution in [3.8, 4) is 23.0 Å². The van der Waals surface area contributed by atoms with Crippen LogP contribution in [0.25, 0.3) is 21.5 Å². The molecule has 9 rings (SSSR count). The number of H-pyrrole nitrogens is 2. The van der Waals surface area contributed by atoms with E-state index >= 15 is 0 Å². The van der Waals surface area contributed by atoms with E-state index in [0.29, 0.717) is 84.4 Å². The van der Waals surface area contributed by atoms with Gasteiger partial charge in [0.2, 0.25) is 0 Å². The van der Waals surface area contributed by atoms with E-state index in [1.54, 1.807) is 0 Å². The van der Waals surface area contributed by atoms with Crippen LogP contribution in [0.4, 0.5) is 11.6 Å². The lowest BCUT2D eigenvalue weighted by Gasteiger charge is -2.26. The number of anilines is 1. The van der Waals surface area contributed by atoms with Gasteiger partial charge >= 0.3 is 0 Å². The zero-order valence-corrected chi connectivity index (χ0v) is 47.7. The highest BCUT2D eigenvalue weighted by Crippen LogP contribution is 2.46. The lowest BCUT2D eigenvalue weighted by atomic mass is 9.97. The molecule has 0 saturated heterocycles. The number of hydrogen-bond donors (Lipinski definition) is 3. The van der Waals surface area contributed by atoms with Crippen LogP contribution in [0.15, 0.2) is 97.8 Å². The van der Waals surface area contributed by atoms with Crippen molar-refractivity contribution in [1.82, 2.24) is 9.97 Å². The molecule has 12 heteroatoms. The fourth-order valence-electron chi connectivity index (χ4n) is 11.3. The fraction of sp³-hybridized carbons (Fsp3) is 0.523. The topological polar surface area (TPSA) is 142 Å². The molecule has 0 fully saturated rings. The highest BCUT2D eigenvalue weighted by Gasteiger charge is 2.40. The van der Waals surface area contributed by atoms with E-state index in [1.807, 2.05) is 12.1 Å². The average Bonchev–Trinajstić information content (AvgIpc) is 4.30. The molecule has 2 aromatic heterocycles. The minimum Gasteiger partial charge on any atom is -0.493 e. The third-order valence-corrected chi connectivity index (χ3v) is 16.4. The Labute approximate surface area is 457 Å². The maximum absolute atomic E-state index is 6.91. The van der Waals surface area contributed by atoms with Crippen molar-refractivity contribution in [2.45, 2.75) is 171 Å². The molecule has 0 aliphatic carbocycles. The molecular weight excluding hydrogens is 957 g/mol. The van der Waals surface area contributed by atoms with Gasteiger partial charge in [-0.2, -0.15) is 0 Å². The van der Waals surface area contributed by atoms with Gasteiger partial charge in [0.15, 0.2) is 23.2 Å². The standard InChI is InChI=1S/C65H86N8O4/c1-10-18-26-42(14-5)38-74-50-34-22-30-46-54(50)61-66-58(46)67-62-55-47(31-23-35-51(55)75-39-43(15-6)27-19-11-2)59(68-62)71-64-57-49(33-25-37-53(57)77-41-45(17-8)29-21-13-4)65(9,73-64)72-63-56-48(60(69-61)70-63)32-24-36-52(56)76-40-44(16-7)28-20-12-3/h22-25,30-37,42-45,70,72H,10-21,26-29,38-41H2,1-9H3,(H,66,67,68,69,71,73). The average molecular weight is 1040 g/mol. The van der Waals surface area contributed by atoms with Crippen LogP contribution >= 0.6 is 0 Å². The molecule has 6 aromatic rings. The van der Waals surface area contributed by atoms with Crippen molar-refractivity contribution in [1.29, 1.82) is 0 Å². The van der Waals surface area contributed by atoms with Crippen LogP contribution in [-0.4, -0.2) is 53.9 Å². The summed E-state index contributed by atoms with van der Waals surface area (Å²) in [5, 5.41) is 7.46. The predicted molar refractivity (Wildman–Crippen MR) is 317 cm³/mol. The third-order valence-electron chi connectivity index (χ3n) is 16.4. The van der Waals surface area contributed by atoms with Crippen molar-refractivity contribution < 1.29 is 18.9 Å². The molecule has 0 radical (unpaired) electrons. The molecule has 5 unspecified atom stereocenters. The number of amidine groups is 3. The molecule has 12 nitrogen and oxygen atoms in total. The lowest BCUT2D eigenvalue weighted by Crippen LogP contribution is -2.28. The normalized spacial score (nSPS) is 17.7. The maximum atomic E-state index is 6.91. The molecule has 5 atom stereocenters. The first-order valence-electron chi connectivity index (χ1n) is 29.7. The second-order valence-corrected chi connectivity index (χ2v) is 22.0. The summed E-state index contributed by atoms with van der Waals surface area (Å²) >= 11 is 0. The molecule has 8 bridgehead atoms. The summed E-state index contributed by atoms with van der Waals surface area (Å²) in [5.74, 6) is 7.67. The Morgan fingerprint density at radius 1 is 0.455 bits per heavy atom. The lowest BCUT2D eigenvalue weighted by molar-refractivity contribution is 0.233. The zero-order valence-electron chi connectivity index (χ0n) is 47.7. The Balaban J connectivity index is 1.29. The van der Waals surface area contributed by atoms with Crippen LogP contribution in [-0.2, 0) is 5.66 Å². The van der Waals surface area contributed by atoms with E-state index in [0.717, 1.165) is 150 Å². The quantitative estimate of drug-likeness (QED) is 0.0448. The summed E-state index contributed by atoms with van der Waals surface area (Å²) in [7, 11) is 0. The van der Waals surface area contributed by atoms with E-state index < -0.39 is 5.66 Å². The Bertz CT molecular complexity index is 3200. The van der Waals surface area contributed by atoms with Gasteiger partial charge in [0.25, 0.3) is 0 Å². The number of nitrogens with zero attached hydrogens (tertiary/aromatic N) is 5. The van der Waals surface area contributed by atoms with Crippen LogP contribution in [0.5, 0.6) is 23.0 Å². The van der Waals surface area contributed by atoms with Crippen LogP contribution < -0.4 is 35.2 Å². The molecule has 0 saturated carbocycles. The maximum Gasteiger partial charge on any atom is 0.168 e. The predicted octanol–water partition coefficient (Wildman–Crippen LogP) is 15.9. The second-order valence-electron chi connectivity index (χ2n) is 22.0. The Morgan fingerprint density at radius 3 is 1.49 bits per heavy atom. The summed E-state index contributed by atoms with van der Waals surface area (Å²) in [4.78, 5) is 35.1. The fourth-order valence-corrected chi connectivity index (χ4v) is 11.3. The van der Waals surface area contributed by atoms with Crippen molar-refractivity contribution in [3.05, 3.63) is 106 Å². The van der Waals surface area contributed by atoms with Crippen molar-refractivity contribution >= 4 is 50.7 Å². The second kappa shape index (κ2) is 25.8. The van der Waals surface area contributed by atoms with Crippen molar-refractivity contribution in [2.75, 3.05) is 31.7 Å². The molecule has 4 aromatic carbocycles. The molecule has 410 valence electrons. The van der Waals surface area contributed by atoms with Crippen LogP contribution in [0.1, 0.15) is 187 Å². The smallest absolute Gasteiger partial charge is 0.168 e. The minimum absolute atomic E-state index is 0.424. The van der Waals surface area contributed by atoms with E-state index in [4.69, 9.17) is 43.9 Å². The van der Waals surface area contributed by atoms with Gasteiger partial charge in [0.05, 0.1) is 48.3 Å². The van der Waals surface area contributed by atoms with Crippen LogP contribution in [0.2, 0.25) is 0 Å². The monoisotopic (exact) mass is 1040 g/mol. The first-order valence-corrected chi connectivity index (χ1v) is 29.7. The van der Waals surface area contributed by atoms with Gasteiger partial charge in [-0.15, -0.1) is 0 Å². The number of aliphatic imine (C=N–C) groups is 3. The summed E-state index contributed by atoms with van der Waals surface area (Å²) in [5.41, 5.74) is 3.64. The summed E-state index contributed by atoms with van der Waals surface area (Å²) < 4.78 is 27.5. The largest absolute Gasteiger partial charge is 0.493 e. The van der Waals surface area contributed by atoms with Crippen molar-refractivity contribution in [3.63, 3.8) is 0 Å². The summed E-state index contributed by atoms with van der Waals surface area (Å²) in [6.45, 7) is 22.6. The third kappa shape index (κ3) is 12.2. The molecule has 3 aliphatic heterocycles. The van der Waals surface area contributed by atoms with Gasteiger partial charge in [0, 0.05) is 21.9 Å². The highest BCUT2D eigenvalue weighted by atomic mass is 16.5. The van der Waals surface area contributed by atoms with Gasteiger partial charge in [-0.05, 0) is 80.5 Å². The zero-order chi connectivity index (χ0) is 53.9. The number of nitrogens with one attached hydrogen (secondary N) is 3. The van der Waals surface area contributed by atoms with Crippen molar-refractivity contribution in [2.24, 2.45) is 48.6 Å². The van der Waals surface area contributed by atoms with E-state index in [-0.39, 0.29) is 0 Å². The minimum atomic E-state index is -1.02. The van der Waals surface area contributed by atoms with Gasteiger partial charge in [-0.25, -0.2) is 25.0 Å². The number of unbranched alkanes of at least 4 members (excludes halogenated alkanes) is 4. The highest BCUT2D eigenvalue weighted by molar-refractivity contribution is 6.25.